The summed E-state index contributed by atoms with van der Waals surface area (Å²) in [5.74, 6) is 0. The molecule has 0 saturated carbocycles. The van der Waals surface area contributed by atoms with E-state index in [1.807, 2.05) is 19.1 Å². The van der Waals surface area contributed by atoms with Crippen LogP contribution >= 0.6 is 24.0 Å². The molecule has 64 valence electrons. The minimum absolute atomic E-state index is 0.723. The summed E-state index contributed by atoms with van der Waals surface area (Å²) in [5.41, 5.74) is 1.89. The highest BCUT2D eigenvalue weighted by Crippen LogP contribution is 2.30. The van der Waals surface area contributed by atoms with Crippen LogP contribution in [0, 0.1) is 18.3 Å². The number of thiol groups is 1. The number of hydrogen-bond donors (Lipinski definition) is 1. The largest absolute Gasteiger partial charge is 0.192 e. The Balaban J connectivity index is 2.95. The molecule has 0 fully saturated rings. The predicted molar refractivity (Wildman–Crippen MR) is 58.5 cm³/mol. The molecular weight excluding hydrogens is 198 g/mol. The summed E-state index contributed by atoms with van der Waals surface area (Å²) in [7, 11) is 0. The summed E-state index contributed by atoms with van der Waals surface area (Å²) in [4.78, 5) is 0.853. The van der Waals surface area contributed by atoms with Crippen molar-refractivity contribution in [3.05, 3.63) is 28.6 Å². The highest BCUT2D eigenvalue weighted by atomic mass is 32.1. The van der Waals surface area contributed by atoms with Gasteiger partial charge in [0.05, 0.1) is 11.6 Å². The van der Waals surface area contributed by atoms with Gasteiger partial charge in [-0.15, -0.1) is 24.0 Å². The van der Waals surface area contributed by atoms with Gasteiger partial charge < -0.3 is 0 Å². The van der Waals surface area contributed by atoms with E-state index in [2.05, 4.69) is 24.1 Å². The van der Waals surface area contributed by atoms with Gasteiger partial charge in [0, 0.05) is 15.0 Å². The molecule has 13 heavy (non-hydrogen) atoms. The zero-order chi connectivity index (χ0) is 9.42. The number of fused-ring (bicyclic) bond motifs is 1. The molecule has 2 aromatic rings. The van der Waals surface area contributed by atoms with Crippen molar-refractivity contribution in [1.29, 1.82) is 5.26 Å². The third-order valence-corrected chi connectivity index (χ3v) is 3.27. The average Bonchev–Trinajstić information content (AvgIpc) is 2.46. The maximum atomic E-state index is 8.92. The molecule has 2 rings (SSSR count). The Morgan fingerprint density at radius 1 is 1.46 bits per heavy atom. The molecule has 0 radical (unpaired) electrons. The van der Waals surface area contributed by atoms with Gasteiger partial charge in [-0.25, -0.2) is 0 Å². The van der Waals surface area contributed by atoms with Crippen LogP contribution in [0.4, 0.5) is 0 Å². The molecule has 1 aromatic heterocycles. The van der Waals surface area contributed by atoms with Crippen LogP contribution in [-0.2, 0) is 0 Å². The highest BCUT2D eigenvalue weighted by molar-refractivity contribution is 7.80. The fourth-order valence-electron chi connectivity index (χ4n) is 1.40. The van der Waals surface area contributed by atoms with Gasteiger partial charge in [0.2, 0.25) is 0 Å². The lowest BCUT2D eigenvalue weighted by atomic mass is 10.1. The van der Waals surface area contributed by atoms with E-state index < -0.39 is 0 Å². The Morgan fingerprint density at radius 3 is 2.92 bits per heavy atom. The van der Waals surface area contributed by atoms with E-state index in [1.165, 1.54) is 5.56 Å². The molecule has 0 aliphatic rings. The van der Waals surface area contributed by atoms with Crippen LogP contribution < -0.4 is 0 Å². The minimum atomic E-state index is 0.723. The molecule has 0 N–H and O–H groups in total. The summed E-state index contributed by atoms with van der Waals surface area (Å²) in [6.07, 6.45) is 0. The van der Waals surface area contributed by atoms with Gasteiger partial charge in [-0.05, 0) is 30.0 Å². The van der Waals surface area contributed by atoms with Crippen molar-refractivity contribution >= 4 is 34.1 Å². The first-order valence-corrected chi connectivity index (χ1v) is 5.16. The number of nitrogens with zero attached hydrogens (tertiary/aromatic N) is 1. The maximum absolute atomic E-state index is 8.92. The number of aryl methyl sites for hydroxylation is 1. The zero-order valence-electron chi connectivity index (χ0n) is 7.03. The lowest BCUT2D eigenvalue weighted by molar-refractivity contribution is 1.45. The quantitative estimate of drug-likeness (QED) is 0.655. The fraction of sp³-hybridized carbons (Fsp3) is 0.100. The van der Waals surface area contributed by atoms with Crippen molar-refractivity contribution < 1.29 is 0 Å². The van der Waals surface area contributed by atoms with Crippen molar-refractivity contribution in [1.82, 2.24) is 0 Å². The van der Waals surface area contributed by atoms with E-state index in [1.54, 1.807) is 11.3 Å². The molecule has 0 bridgehead atoms. The normalized spacial score (nSPS) is 10.2. The van der Waals surface area contributed by atoms with Crippen molar-refractivity contribution in [3.63, 3.8) is 0 Å². The number of hydrogen-bond acceptors (Lipinski definition) is 3. The SMILES string of the molecule is Cc1csc2cc(S)cc(C#N)c12. The second-order valence-electron chi connectivity index (χ2n) is 2.90. The number of benzene rings is 1. The van der Waals surface area contributed by atoms with E-state index in [0.29, 0.717) is 0 Å². The second kappa shape index (κ2) is 3.06. The number of thiophene rings is 1. The third kappa shape index (κ3) is 1.32. The van der Waals surface area contributed by atoms with Crippen LogP contribution in [0.1, 0.15) is 11.1 Å². The molecule has 0 aliphatic heterocycles. The zero-order valence-corrected chi connectivity index (χ0v) is 8.75. The van der Waals surface area contributed by atoms with Gasteiger partial charge >= 0.3 is 0 Å². The van der Waals surface area contributed by atoms with Gasteiger partial charge in [-0.2, -0.15) is 5.26 Å². The van der Waals surface area contributed by atoms with Crippen LogP contribution in [0.15, 0.2) is 22.4 Å². The average molecular weight is 205 g/mol. The Kier molecular flexibility index (Phi) is 2.03. The van der Waals surface area contributed by atoms with Gasteiger partial charge in [0.25, 0.3) is 0 Å². The van der Waals surface area contributed by atoms with Crippen molar-refractivity contribution in [2.45, 2.75) is 11.8 Å². The first-order chi connectivity index (χ1) is 6.22. The monoisotopic (exact) mass is 205 g/mol. The molecule has 0 aliphatic carbocycles. The Hall–Kier alpha value is -0.980. The van der Waals surface area contributed by atoms with Gasteiger partial charge in [-0.3, -0.25) is 0 Å². The molecule has 1 nitrogen and oxygen atoms in total. The second-order valence-corrected chi connectivity index (χ2v) is 4.32. The van der Waals surface area contributed by atoms with E-state index in [4.69, 9.17) is 5.26 Å². The van der Waals surface area contributed by atoms with Gasteiger partial charge in [0.15, 0.2) is 0 Å². The minimum Gasteiger partial charge on any atom is -0.192 e. The summed E-state index contributed by atoms with van der Waals surface area (Å²) < 4.78 is 1.14. The lowest BCUT2D eigenvalue weighted by Crippen LogP contribution is -1.78. The predicted octanol–water partition coefficient (Wildman–Crippen LogP) is 3.37. The fourth-order valence-corrected chi connectivity index (χ4v) is 2.75. The maximum Gasteiger partial charge on any atom is 0.0998 e. The molecule has 0 atom stereocenters. The molecule has 0 unspecified atom stereocenters. The summed E-state index contributed by atoms with van der Waals surface area (Å²) in [5, 5.41) is 12.1. The standard InChI is InChI=1S/C10H7NS2/c1-6-5-13-9-3-8(12)2-7(4-11)10(6)9/h2-3,5,12H,1H3. The molecule has 0 spiro atoms. The smallest absolute Gasteiger partial charge is 0.0998 e. The van der Waals surface area contributed by atoms with E-state index in [9.17, 15) is 0 Å². The third-order valence-electron chi connectivity index (χ3n) is 1.96. The van der Waals surface area contributed by atoms with Crippen molar-refractivity contribution in [3.8, 4) is 6.07 Å². The van der Waals surface area contributed by atoms with Crippen LogP contribution in [-0.4, -0.2) is 0 Å². The summed E-state index contributed by atoms with van der Waals surface area (Å²) in [6, 6.07) is 6.00. The Morgan fingerprint density at radius 2 is 2.23 bits per heavy atom. The molecule has 0 amide bonds. The number of nitriles is 1. The van der Waals surface area contributed by atoms with Crippen LogP contribution in [0.3, 0.4) is 0 Å². The van der Waals surface area contributed by atoms with Crippen LogP contribution in [0.25, 0.3) is 10.1 Å². The first-order valence-electron chi connectivity index (χ1n) is 3.83. The molecular formula is C10H7NS2. The van der Waals surface area contributed by atoms with Gasteiger partial charge in [-0.1, -0.05) is 0 Å². The number of rotatable bonds is 0. The highest BCUT2D eigenvalue weighted by Gasteiger charge is 2.06. The Bertz CT molecular complexity index is 505. The lowest BCUT2D eigenvalue weighted by Gasteiger charge is -1.97. The van der Waals surface area contributed by atoms with Crippen LogP contribution in [0.2, 0.25) is 0 Å². The molecule has 0 saturated heterocycles. The van der Waals surface area contributed by atoms with Crippen molar-refractivity contribution in [2.24, 2.45) is 0 Å². The van der Waals surface area contributed by atoms with Crippen LogP contribution in [0.5, 0.6) is 0 Å². The van der Waals surface area contributed by atoms with E-state index in [0.717, 1.165) is 20.5 Å². The molecule has 3 heteroatoms. The van der Waals surface area contributed by atoms with Crippen molar-refractivity contribution in [2.75, 3.05) is 0 Å². The molecule has 1 heterocycles. The first kappa shape index (κ1) is 8.61. The summed E-state index contributed by atoms with van der Waals surface area (Å²) >= 11 is 5.91. The Labute approximate surface area is 86.0 Å². The van der Waals surface area contributed by atoms with E-state index >= 15 is 0 Å². The van der Waals surface area contributed by atoms with Gasteiger partial charge in [0.1, 0.15) is 0 Å². The topological polar surface area (TPSA) is 23.8 Å². The van der Waals surface area contributed by atoms with E-state index in [-0.39, 0.29) is 0 Å². The molecule has 1 aromatic carbocycles. The summed E-state index contributed by atoms with van der Waals surface area (Å²) in [6.45, 7) is 2.03.